The number of carbonyl (C=O) groups excluding carboxylic acids is 1. The van der Waals surface area contributed by atoms with Crippen molar-refractivity contribution in [3.8, 4) is 0 Å². The molecule has 3 fully saturated rings. The van der Waals surface area contributed by atoms with Crippen molar-refractivity contribution in [2.45, 2.75) is 68.9 Å². The Morgan fingerprint density at radius 1 is 1.26 bits per heavy atom. The van der Waals surface area contributed by atoms with Crippen molar-refractivity contribution in [1.29, 1.82) is 0 Å². The van der Waals surface area contributed by atoms with Crippen LogP contribution in [-0.2, 0) is 14.3 Å². The van der Waals surface area contributed by atoms with Gasteiger partial charge in [-0.15, -0.1) is 0 Å². The third kappa shape index (κ3) is 3.69. The van der Waals surface area contributed by atoms with E-state index in [1.165, 1.54) is 19.4 Å². The van der Waals surface area contributed by atoms with Crippen LogP contribution >= 0.6 is 0 Å². The number of nitrogens with zero attached hydrogens (tertiary/aromatic N) is 1. The number of halogens is 1. The van der Waals surface area contributed by atoms with Gasteiger partial charge < -0.3 is 36.0 Å². The molecular weight excluding hydrogens is 410 g/mol. The second kappa shape index (κ2) is 8.19. The Hall–Kier alpha value is -0.950. The molecule has 0 spiro atoms. The zero-order valence-corrected chi connectivity index (χ0v) is 17.7. The Labute approximate surface area is 172 Å². The van der Waals surface area contributed by atoms with E-state index in [9.17, 15) is 9.90 Å². The quantitative estimate of drug-likeness (QED) is 0.344. The maximum atomic E-state index is 12.7. The molecule has 0 aromatic heterocycles. The molecule has 3 aliphatic rings. The molecule has 6 heteroatoms. The fourth-order valence-corrected chi connectivity index (χ4v) is 5.23. The van der Waals surface area contributed by atoms with Gasteiger partial charge in [0.1, 0.15) is 36.3 Å². The van der Waals surface area contributed by atoms with Crippen molar-refractivity contribution in [2.24, 2.45) is 0 Å². The minimum atomic E-state index is -0.595. The molecule has 150 valence electrons. The van der Waals surface area contributed by atoms with Gasteiger partial charge in [-0.2, -0.15) is 0 Å². The molecule has 5 nitrogen and oxygen atoms in total. The average molecular weight is 440 g/mol. The number of rotatable bonds is 7. The van der Waals surface area contributed by atoms with Gasteiger partial charge in [-0.25, -0.2) is 0 Å². The third-order valence-electron chi connectivity index (χ3n) is 6.79. The normalized spacial score (nSPS) is 37.1. The molecule has 7 atom stereocenters. The molecule has 0 aliphatic carbocycles. The van der Waals surface area contributed by atoms with Crippen LogP contribution in [0.25, 0.3) is 0 Å². The number of likely N-dealkylation sites (N-methyl/N-ethyl adjacent to an activating group) is 1. The van der Waals surface area contributed by atoms with Crippen LogP contribution in [-0.4, -0.2) is 66.2 Å². The van der Waals surface area contributed by atoms with E-state index >= 15 is 0 Å². The highest BCUT2D eigenvalue weighted by Crippen LogP contribution is 2.52. The number of quaternary nitrogens is 1. The first-order valence-corrected chi connectivity index (χ1v) is 9.95. The number of morpholine rings is 1. The van der Waals surface area contributed by atoms with E-state index in [0.717, 1.165) is 22.9 Å². The molecular formula is C21H30BrNO4. The molecule has 0 radical (unpaired) electrons. The number of piperidine rings is 1. The highest BCUT2D eigenvalue weighted by molar-refractivity contribution is 5.78. The maximum Gasteiger partial charge on any atom is 0.316 e. The van der Waals surface area contributed by atoms with Gasteiger partial charge in [-0.05, 0) is 12.0 Å². The van der Waals surface area contributed by atoms with Crippen molar-refractivity contribution in [2.75, 3.05) is 20.2 Å². The number of unbranched alkanes of at least 4 members (excludes halogenated alkanes) is 1. The molecule has 1 aromatic carbocycles. The lowest BCUT2D eigenvalue weighted by molar-refractivity contribution is -0.956. The lowest BCUT2D eigenvalue weighted by atomic mass is 9.94. The number of hydrogen-bond acceptors (Lipinski definition) is 4. The van der Waals surface area contributed by atoms with Crippen molar-refractivity contribution in [3.05, 3.63) is 35.9 Å². The van der Waals surface area contributed by atoms with Gasteiger partial charge >= 0.3 is 5.97 Å². The van der Waals surface area contributed by atoms with E-state index in [0.29, 0.717) is 24.3 Å². The van der Waals surface area contributed by atoms with Crippen LogP contribution in [0.3, 0.4) is 0 Å². The van der Waals surface area contributed by atoms with E-state index in [4.69, 9.17) is 9.47 Å². The summed E-state index contributed by atoms with van der Waals surface area (Å²) in [4.78, 5) is 12.7. The van der Waals surface area contributed by atoms with Gasteiger partial charge in [0.15, 0.2) is 0 Å². The number of esters is 1. The fourth-order valence-electron chi connectivity index (χ4n) is 5.23. The van der Waals surface area contributed by atoms with E-state index in [-0.39, 0.29) is 35.7 Å². The van der Waals surface area contributed by atoms with Gasteiger partial charge in [0.2, 0.25) is 0 Å². The number of aliphatic hydroxyl groups is 1. The smallest absolute Gasteiger partial charge is 0.316 e. The molecule has 3 aliphatic heterocycles. The van der Waals surface area contributed by atoms with Crippen molar-refractivity contribution < 1.29 is 40.8 Å². The second-order valence-electron chi connectivity index (χ2n) is 8.30. The van der Waals surface area contributed by atoms with E-state index in [1.807, 2.05) is 30.3 Å². The maximum absolute atomic E-state index is 12.7. The fraction of sp³-hybridized carbons (Fsp3) is 0.667. The van der Waals surface area contributed by atoms with Crippen LogP contribution in [0.2, 0.25) is 0 Å². The molecule has 2 bridgehead atoms. The molecule has 4 rings (SSSR count). The topological polar surface area (TPSA) is 59.1 Å². The first kappa shape index (κ1) is 20.8. The monoisotopic (exact) mass is 439 g/mol. The van der Waals surface area contributed by atoms with E-state index < -0.39 is 5.92 Å². The minimum absolute atomic E-state index is 0. The van der Waals surface area contributed by atoms with Crippen molar-refractivity contribution in [3.63, 3.8) is 0 Å². The first-order chi connectivity index (χ1) is 12.6. The summed E-state index contributed by atoms with van der Waals surface area (Å²) >= 11 is 0. The Bertz CT molecular complexity index is 637. The van der Waals surface area contributed by atoms with Crippen LogP contribution in [0, 0.1) is 0 Å². The second-order valence-corrected chi connectivity index (χ2v) is 8.30. The Balaban J connectivity index is 0.00000210. The number of carbonyl (C=O) groups is 1. The molecule has 1 aromatic rings. The van der Waals surface area contributed by atoms with E-state index in [1.54, 1.807) is 0 Å². The minimum Gasteiger partial charge on any atom is -1.00 e. The number of ether oxygens (including phenoxy) is 2. The third-order valence-corrected chi connectivity index (χ3v) is 6.79. The van der Waals surface area contributed by atoms with Crippen LogP contribution in [0.15, 0.2) is 30.3 Å². The van der Waals surface area contributed by atoms with Gasteiger partial charge in [0, 0.05) is 12.8 Å². The zero-order chi connectivity index (χ0) is 18.3. The zero-order valence-electron chi connectivity index (χ0n) is 16.1. The number of hydrogen-bond donors (Lipinski definition) is 1. The van der Waals surface area contributed by atoms with Crippen LogP contribution in [0.1, 0.15) is 44.1 Å². The van der Waals surface area contributed by atoms with Gasteiger partial charge in [-0.3, -0.25) is 4.79 Å². The number of epoxide rings is 1. The SMILES string of the molecule is CCCC[N+]1(C)[C@@H]2CC(OC(=O)[C@@H](CO)c3ccccc3)C[C@@H]1[C@@H]1OC12.[Br-]. The highest BCUT2D eigenvalue weighted by atomic mass is 79.9. The van der Waals surface area contributed by atoms with Crippen LogP contribution in [0.5, 0.6) is 0 Å². The summed E-state index contributed by atoms with van der Waals surface area (Å²) in [6.45, 7) is 3.20. The Kier molecular flexibility index (Phi) is 6.31. The standard InChI is InChI=1S/C21H30NO4.BrH/c1-3-4-10-22(2)17-11-15(12-18(22)20-19(17)26-20)25-21(24)16(13-23)14-8-6-5-7-9-14;/h5-9,15-20,23H,3-4,10-13H2,1-2H3;1H/q+1;/p-1/t15?,16-,17+,18+,19-,20?,22?;/m0./s1. The molecule has 27 heavy (non-hydrogen) atoms. The number of fused-ring (bicyclic) bond motifs is 5. The molecule has 1 N–H and O–H groups in total. The largest absolute Gasteiger partial charge is 1.00 e. The molecule has 3 unspecified atom stereocenters. The first-order valence-electron chi connectivity index (χ1n) is 9.95. The van der Waals surface area contributed by atoms with Crippen LogP contribution < -0.4 is 17.0 Å². The van der Waals surface area contributed by atoms with Crippen LogP contribution in [0.4, 0.5) is 0 Å². The number of benzene rings is 1. The van der Waals surface area contributed by atoms with Gasteiger partial charge in [-0.1, -0.05) is 43.7 Å². The summed E-state index contributed by atoms with van der Waals surface area (Å²) in [6, 6.07) is 10.3. The summed E-state index contributed by atoms with van der Waals surface area (Å²) < 4.78 is 12.9. The summed E-state index contributed by atoms with van der Waals surface area (Å²) in [5.41, 5.74) is 0.813. The predicted molar refractivity (Wildman–Crippen MR) is 97.6 cm³/mol. The molecule has 0 amide bonds. The average Bonchev–Trinajstić information content (AvgIpc) is 3.40. The molecule has 3 heterocycles. The molecule has 3 saturated heterocycles. The summed E-state index contributed by atoms with van der Waals surface area (Å²) in [5, 5.41) is 9.70. The summed E-state index contributed by atoms with van der Waals surface area (Å²) in [7, 11) is 2.36. The summed E-state index contributed by atoms with van der Waals surface area (Å²) in [6.07, 6.45) is 4.83. The molecule has 0 saturated carbocycles. The summed E-state index contributed by atoms with van der Waals surface area (Å²) in [5.74, 6) is -0.898. The van der Waals surface area contributed by atoms with Gasteiger partial charge in [0.05, 0.1) is 20.2 Å². The van der Waals surface area contributed by atoms with E-state index in [2.05, 4.69) is 14.0 Å². The predicted octanol–water partition coefficient (Wildman–Crippen LogP) is -0.763. The van der Waals surface area contributed by atoms with Crippen molar-refractivity contribution in [1.82, 2.24) is 0 Å². The lowest BCUT2D eigenvalue weighted by Gasteiger charge is -2.48. The van der Waals surface area contributed by atoms with Gasteiger partial charge in [0.25, 0.3) is 0 Å². The Morgan fingerprint density at radius 2 is 1.89 bits per heavy atom. The number of aliphatic hydroxyl groups excluding tert-OH is 1. The highest BCUT2D eigenvalue weighted by Gasteiger charge is 2.71. The van der Waals surface area contributed by atoms with Crippen molar-refractivity contribution >= 4 is 5.97 Å². The lowest BCUT2D eigenvalue weighted by Crippen LogP contribution is -3.00. The Morgan fingerprint density at radius 3 is 2.44 bits per heavy atom.